The summed E-state index contributed by atoms with van der Waals surface area (Å²) in [5.41, 5.74) is 0.945. The lowest BCUT2D eigenvalue weighted by Crippen LogP contribution is -2.15. The van der Waals surface area contributed by atoms with Gasteiger partial charge in [0.2, 0.25) is 5.76 Å². The summed E-state index contributed by atoms with van der Waals surface area (Å²) in [6, 6.07) is 2.92. The molecule has 0 bridgehead atoms. The minimum absolute atomic E-state index is 0.175. The van der Waals surface area contributed by atoms with Crippen molar-refractivity contribution in [2.75, 3.05) is 0 Å². The van der Waals surface area contributed by atoms with Crippen molar-refractivity contribution in [1.29, 1.82) is 0 Å². The van der Waals surface area contributed by atoms with E-state index in [4.69, 9.17) is 4.42 Å². The van der Waals surface area contributed by atoms with E-state index < -0.39 is 17.2 Å². The van der Waals surface area contributed by atoms with Crippen molar-refractivity contribution in [2.45, 2.75) is 33.1 Å². The molecule has 4 heteroatoms. The average Bonchev–Trinajstić information content (AvgIpc) is 2.64. The molecule has 0 amide bonds. The number of carboxylic acids is 1. The summed E-state index contributed by atoms with van der Waals surface area (Å²) in [6.45, 7) is 7.28. The maximum atomic E-state index is 14.0. The second-order valence-electron chi connectivity index (χ2n) is 5.43. The van der Waals surface area contributed by atoms with E-state index in [-0.39, 0.29) is 11.1 Å². The quantitative estimate of drug-likeness (QED) is 0.835. The monoisotopic (exact) mass is 250 g/mol. The fourth-order valence-corrected chi connectivity index (χ4v) is 2.16. The molecule has 96 valence electrons. The lowest BCUT2D eigenvalue weighted by Gasteiger charge is -2.18. The SMILES string of the molecule is Cc1ccc(F)c2c(C(C)(C)C)c(C(=O)O)oc12. The van der Waals surface area contributed by atoms with Crippen molar-refractivity contribution in [2.24, 2.45) is 0 Å². The molecule has 18 heavy (non-hydrogen) atoms. The summed E-state index contributed by atoms with van der Waals surface area (Å²) in [5, 5.41) is 9.47. The topological polar surface area (TPSA) is 50.4 Å². The van der Waals surface area contributed by atoms with Crippen LogP contribution in [0.25, 0.3) is 11.0 Å². The summed E-state index contributed by atoms with van der Waals surface area (Å²) in [4.78, 5) is 11.2. The van der Waals surface area contributed by atoms with E-state index in [0.717, 1.165) is 5.56 Å². The first kappa shape index (κ1) is 12.6. The largest absolute Gasteiger partial charge is 0.475 e. The number of fused-ring (bicyclic) bond motifs is 1. The number of carboxylic acid groups (broad SMARTS) is 1. The first-order valence-electron chi connectivity index (χ1n) is 5.69. The molecule has 1 heterocycles. The van der Waals surface area contributed by atoms with Gasteiger partial charge in [-0.05, 0) is 24.0 Å². The van der Waals surface area contributed by atoms with Gasteiger partial charge in [-0.2, -0.15) is 0 Å². The van der Waals surface area contributed by atoms with Crippen LogP contribution in [0.3, 0.4) is 0 Å². The fourth-order valence-electron chi connectivity index (χ4n) is 2.16. The molecule has 3 nitrogen and oxygen atoms in total. The van der Waals surface area contributed by atoms with Gasteiger partial charge < -0.3 is 9.52 Å². The maximum Gasteiger partial charge on any atom is 0.372 e. The van der Waals surface area contributed by atoms with Crippen LogP contribution >= 0.6 is 0 Å². The Morgan fingerprint density at radius 3 is 2.44 bits per heavy atom. The first-order chi connectivity index (χ1) is 8.23. The van der Waals surface area contributed by atoms with Gasteiger partial charge in [0.25, 0.3) is 0 Å². The Kier molecular flexibility index (Phi) is 2.69. The molecule has 2 rings (SSSR count). The molecular formula is C14H15FO3. The van der Waals surface area contributed by atoms with E-state index in [1.807, 2.05) is 20.8 Å². The van der Waals surface area contributed by atoms with Gasteiger partial charge in [0.05, 0.1) is 5.39 Å². The molecule has 0 radical (unpaired) electrons. The Hall–Kier alpha value is -1.84. The third-order valence-corrected chi connectivity index (χ3v) is 2.93. The van der Waals surface area contributed by atoms with Gasteiger partial charge in [0.15, 0.2) is 0 Å². The number of benzene rings is 1. The van der Waals surface area contributed by atoms with Crippen LogP contribution in [0.15, 0.2) is 16.5 Å². The number of aryl methyl sites for hydroxylation is 1. The standard InChI is InChI=1S/C14H15FO3/c1-7-5-6-8(15)9-10(14(2,3)4)12(13(16)17)18-11(7)9/h5-6H,1-4H3,(H,16,17). The molecule has 0 spiro atoms. The summed E-state index contributed by atoms with van der Waals surface area (Å²) in [7, 11) is 0. The smallest absolute Gasteiger partial charge is 0.372 e. The molecule has 0 saturated carbocycles. The van der Waals surface area contributed by atoms with E-state index in [9.17, 15) is 14.3 Å². The Morgan fingerprint density at radius 1 is 1.33 bits per heavy atom. The van der Waals surface area contributed by atoms with Crippen LogP contribution in [-0.4, -0.2) is 11.1 Å². The van der Waals surface area contributed by atoms with Gasteiger partial charge in [-0.15, -0.1) is 0 Å². The summed E-state index contributed by atoms with van der Waals surface area (Å²) in [5.74, 6) is -1.79. The molecule has 0 aliphatic heterocycles. The van der Waals surface area contributed by atoms with Crippen molar-refractivity contribution in [3.63, 3.8) is 0 Å². The molecule has 0 aliphatic carbocycles. The van der Waals surface area contributed by atoms with E-state index in [1.54, 1.807) is 13.0 Å². The van der Waals surface area contributed by atoms with Crippen LogP contribution in [0, 0.1) is 12.7 Å². The number of rotatable bonds is 1. The minimum Gasteiger partial charge on any atom is -0.475 e. The van der Waals surface area contributed by atoms with Crippen LogP contribution in [0.1, 0.15) is 42.5 Å². The minimum atomic E-state index is -1.17. The number of carbonyl (C=O) groups is 1. The van der Waals surface area contributed by atoms with E-state index in [1.165, 1.54) is 6.07 Å². The lowest BCUT2D eigenvalue weighted by molar-refractivity contribution is 0.0661. The zero-order chi connectivity index (χ0) is 13.7. The molecule has 0 saturated heterocycles. The second-order valence-corrected chi connectivity index (χ2v) is 5.43. The zero-order valence-electron chi connectivity index (χ0n) is 10.8. The Bertz CT molecular complexity index is 633. The first-order valence-corrected chi connectivity index (χ1v) is 5.69. The molecule has 0 atom stereocenters. The van der Waals surface area contributed by atoms with Crippen LogP contribution in [0.4, 0.5) is 4.39 Å². The summed E-state index contributed by atoms with van der Waals surface area (Å²) in [6.07, 6.45) is 0. The third kappa shape index (κ3) is 1.78. The number of halogens is 1. The Labute approximate surface area is 104 Å². The van der Waals surface area contributed by atoms with Gasteiger partial charge in [0, 0.05) is 5.56 Å². The van der Waals surface area contributed by atoms with Crippen LogP contribution in [-0.2, 0) is 5.41 Å². The lowest BCUT2D eigenvalue weighted by atomic mass is 9.84. The summed E-state index contributed by atoms with van der Waals surface area (Å²) >= 11 is 0. The van der Waals surface area contributed by atoms with Crippen LogP contribution < -0.4 is 0 Å². The predicted octanol–water partition coefficient (Wildman–Crippen LogP) is 3.88. The predicted molar refractivity (Wildman–Crippen MR) is 66.6 cm³/mol. The highest BCUT2D eigenvalue weighted by Gasteiger charge is 2.31. The molecular weight excluding hydrogens is 235 g/mol. The zero-order valence-corrected chi connectivity index (χ0v) is 10.8. The maximum absolute atomic E-state index is 14.0. The molecule has 1 N–H and O–H groups in total. The van der Waals surface area contributed by atoms with Crippen LogP contribution in [0.2, 0.25) is 0 Å². The highest BCUT2D eigenvalue weighted by molar-refractivity contribution is 5.97. The van der Waals surface area contributed by atoms with Gasteiger partial charge in [-0.3, -0.25) is 0 Å². The fraction of sp³-hybridized carbons (Fsp3) is 0.357. The molecule has 0 fully saturated rings. The van der Waals surface area contributed by atoms with Crippen LogP contribution in [0.5, 0.6) is 0 Å². The number of aromatic carboxylic acids is 1. The van der Waals surface area contributed by atoms with Crippen molar-refractivity contribution >= 4 is 16.9 Å². The third-order valence-electron chi connectivity index (χ3n) is 2.93. The molecule has 1 aromatic heterocycles. The average molecular weight is 250 g/mol. The highest BCUT2D eigenvalue weighted by Crippen LogP contribution is 2.38. The van der Waals surface area contributed by atoms with E-state index >= 15 is 0 Å². The van der Waals surface area contributed by atoms with Gasteiger partial charge in [-0.25, -0.2) is 9.18 Å². The van der Waals surface area contributed by atoms with E-state index in [0.29, 0.717) is 11.1 Å². The van der Waals surface area contributed by atoms with Crippen molar-refractivity contribution in [3.05, 3.63) is 34.8 Å². The van der Waals surface area contributed by atoms with Crippen molar-refractivity contribution in [3.8, 4) is 0 Å². The van der Waals surface area contributed by atoms with Gasteiger partial charge in [-0.1, -0.05) is 26.8 Å². The Morgan fingerprint density at radius 2 is 1.94 bits per heavy atom. The Balaban J connectivity index is 3.00. The molecule has 0 aliphatic rings. The van der Waals surface area contributed by atoms with Crippen molar-refractivity contribution in [1.82, 2.24) is 0 Å². The number of hydrogen-bond donors (Lipinski definition) is 1. The number of furan rings is 1. The normalized spacial score (nSPS) is 12.1. The second kappa shape index (κ2) is 3.83. The highest BCUT2D eigenvalue weighted by atomic mass is 19.1. The van der Waals surface area contributed by atoms with Gasteiger partial charge >= 0.3 is 5.97 Å². The van der Waals surface area contributed by atoms with Gasteiger partial charge in [0.1, 0.15) is 11.4 Å². The van der Waals surface area contributed by atoms with E-state index in [2.05, 4.69) is 0 Å². The number of hydrogen-bond acceptors (Lipinski definition) is 2. The molecule has 2 aromatic rings. The molecule has 0 unspecified atom stereocenters. The summed E-state index contributed by atoms with van der Waals surface area (Å²) < 4.78 is 19.3. The van der Waals surface area contributed by atoms with Crippen molar-refractivity contribution < 1.29 is 18.7 Å². The molecule has 1 aromatic carbocycles.